The van der Waals surface area contributed by atoms with Gasteiger partial charge in [0.2, 0.25) is 17.7 Å². The number of ether oxygens (including phenoxy) is 1. The molecule has 32 heavy (non-hydrogen) atoms. The Morgan fingerprint density at radius 1 is 1.16 bits per heavy atom. The number of rotatable bonds is 4. The van der Waals surface area contributed by atoms with Gasteiger partial charge in [-0.05, 0) is 42.8 Å². The Bertz CT molecular complexity index is 1130. The fourth-order valence-corrected chi connectivity index (χ4v) is 5.42. The van der Waals surface area contributed by atoms with E-state index in [0.717, 1.165) is 5.56 Å². The molecule has 0 unspecified atom stereocenters. The maximum Gasteiger partial charge on any atom is 0.250 e. The molecule has 3 aliphatic heterocycles. The lowest BCUT2D eigenvalue weighted by atomic mass is 9.76. The van der Waals surface area contributed by atoms with E-state index in [9.17, 15) is 19.5 Å². The number of nitrogens with zero attached hydrogens (tertiary/aromatic N) is 1. The molecule has 9 heteroatoms. The van der Waals surface area contributed by atoms with Crippen LogP contribution < -0.4 is 15.4 Å². The Hall–Kier alpha value is -2.94. The third-order valence-electron chi connectivity index (χ3n) is 6.72. The van der Waals surface area contributed by atoms with Gasteiger partial charge < -0.3 is 15.2 Å². The van der Waals surface area contributed by atoms with Crippen LogP contribution in [0.15, 0.2) is 42.5 Å². The molecule has 0 saturated carbocycles. The van der Waals surface area contributed by atoms with Crippen molar-refractivity contribution in [2.24, 2.45) is 11.8 Å². The molecule has 2 saturated heterocycles. The SMILES string of the molecule is COc1ccc(CN2C(=O)[C@@H]3[C@H]([C@H](C)O)N[C@@]4(C(=O)Nc5ccc(Cl)cc54)[C@@H]3C2=O)cc1. The summed E-state index contributed by atoms with van der Waals surface area (Å²) in [5.41, 5.74) is 0.322. The quantitative estimate of drug-likeness (QED) is 0.605. The molecule has 2 aromatic carbocycles. The molecule has 0 aromatic heterocycles. The predicted octanol–water partition coefficient (Wildman–Crippen LogP) is 1.65. The zero-order valence-electron chi connectivity index (χ0n) is 17.5. The van der Waals surface area contributed by atoms with Gasteiger partial charge in [0.25, 0.3) is 0 Å². The summed E-state index contributed by atoms with van der Waals surface area (Å²) in [4.78, 5) is 41.5. The molecule has 3 heterocycles. The highest BCUT2D eigenvalue weighted by atomic mass is 35.5. The van der Waals surface area contributed by atoms with E-state index in [-0.39, 0.29) is 6.54 Å². The summed E-state index contributed by atoms with van der Waals surface area (Å²) in [5, 5.41) is 16.8. The topological polar surface area (TPSA) is 108 Å². The van der Waals surface area contributed by atoms with Gasteiger partial charge in [-0.1, -0.05) is 23.7 Å². The van der Waals surface area contributed by atoms with Gasteiger partial charge in [-0.3, -0.25) is 24.6 Å². The zero-order valence-corrected chi connectivity index (χ0v) is 18.2. The summed E-state index contributed by atoms with van der Waals surface area (Å²) < 4.78 is 5.16. The Morgan fingerprint density at radius 2 is 1.88 bits per heavy atom. The number of carbonyl (C=O) groups excluding carboxylic acids is 3. The first-order valence-corrected chi connectivity index (χ1v) is 10.7. The molecule has 3 aliphatic rings. The Labute approximate surface area is 189 Å². The molecule has 3 N–H and O–H groups in total. The zero-order chi connectivity index (χ0) is 22.8. The van der Waals surface area contributed by atoms with Crippen LogP contribution in [-0.2, 0) is 26.5 Å². The molecular formula is C23H22ClN3O5. The Kier molecular flexibility index (Phi) is 4.77. The van der Waals surface area contributed by atoms with E-state index in [4.69, 9.17) is 16.3 Å². The number of fused-ring (bicyclic) bond motifs is 4. The van der Waals surface area contributed by atoms with Crippen molar-refractivity contribution in [3.8, 4) is 5.75 Å². The number of likely N-dealkylation sites (tertiary alicyclic amines) is 1. The van der Waals surface area contributed by atoms with E-state index >= 15 is 0 Å². The summed E-state index contributed by atoms with van der Waals surface area (Å²) in [5.74, 6) is -2.49. The number of nitrogens with one attached hydrogen (secondary N) is 2. The van der Waals surface area contributed by atoms with E-state index in [0.29, 0.717) is 22.0 Å². The number of imide groups is 1. The van der Waals surface area contributed by atoms with E-state index in [1.54, 1.807) is 56.5 Å². The lowest BCUT2D eigenvalue weighted by molar-refractivity contribution is -0.143. The highest BCUT2D eigenvalue weighted by Gasteiger charge is 2.71. The fraction of sp³-hybridized carbons (Fsp3) is 0.348. The van der Waals surface area contributed by atoms with Crippen molar-refractivity contribution in [1.29, 1.82) is 0 Å². The summed E-state index contributed by atoms with van der Waals surface area (Å²) in [6, 6.07) is 11.3. The molecule has 3 amide bonds. The number of amides is 3. The van der Waals surface area contributed by atoms with Crippen LogP contribution in [0.5, 0.6) is 5.75 Å². The number of methoxy groups -OCH3 is 1. The van der Waals surface area contributed by atoms with Crippen molar-refractivity contribution >= 4 is 35.0 Å². The molecule has 2 fully saturated rings. The molecule has 0 bridgehead atoms. The molecular weight excluding hydrogens is 434 g/mol. The van der Waals surface area contributed by atoms with Crippen molar-refractivity contribution in [3.05, 3.63) is 58.6 Å². The largest absolute Gasteiger partial charge is 0.497 e. The van der Waals surface area contributed by atoms with Crippen LogP contribution in [-0.4, -0.2) is 47.0 Å². The predicted molar refractivity (Wildman–Crippen MR) is 116 cm³/mol. The van der Waals surface area contributed by atoms with Crippen LogP contribution in [0.2, 0.25) is 5.02 Å². The summed E-state index contributed by atoms with van der Waals surface area (Å²) in [6.45, 7) is 1.62. The van der Waals surface area contributed by atoms with Gasteiger partial charge in [-0.15, -0.1) is 0 Å². The van der Waals surface area contributed by atoms with Crippen LogP contribution in [0, 0.1) is 11.8 Å². The van der Waals surface area contributed by atoms with Crippen LogP contribution >= 0.6 is 11.6 Å². The van der Waals surface area contributed by atoms with Crippen LogP contribution in [0.25, 0.3) is 0 Å². The van der Waals surface area contributed by atoms with Crippen molar-refractivity contribution in [2.75, 3.05) is 12.4 Å². The second-order valence-electron chi connectivity index (χ2n) is 8.48. The molecule has 1 spiro atoms. The molecule has 166 valence electrons. The van der Waals surface area contributed by atoms with E-state index in [1.807, 2.05) is 0 Å². The third-order valence-corrected chi connectivity index (χ3v) is 6.96. The smallest absolute Gasteiger partial charge is 0.250 e. The minimum absolute atomic E-state index is 0.0707. The second-order valence-corrected chi connectivity index (χ2v) is 8.91. The number of hydrogen-bond donors (Lipinski definition) is 3. The minimum Gasteiger partial charge on any atom is -0.497 e. The van der Waals surface area contributed by atoms with Crippen LogP contribution in [0.4, 0.5) is 5.69 Å². The lowest BCUT2D eigenvalue weighted by Gasteiger charge is -2.30. The van der Waals surface area contributed by atoms with Gasteiger partial charge in [-0.2, -0.15) is 0 Å². The first-order chi connectivity index (χ1) is 15.3. The van der Waals surface area contributed by atoms with Gasteiger partial charge in [0, 0.05) is 22.3 Å². The molecule has 5 atom stereocenters. The van der Waals surface area contributed by atoms with E-state index < -0.39 is 47.2 Å². The van der Waals surface area contributed by atoms with Gasteiger partial charge in [-0.25, -0.2) is 0 Å². The molecule has 2 aromatic rings. The normalized spacial score (nSPS) is 29.3. The maximum atomic E-state index is 13.6. The third kappa shape index (κ3) is 2.80. The van der Waals surface area contributed by atoms with E-state index in [1.165, 1.54) is 4.90 Å². The van der Waals surface area contributed by atoms with Crippen LogP contribution in [0.3, 0.4) is 0 Å². The average Bonchev–Trinajstić information content (AvgIpc) is 3.36. The van der Waals surface area contributed by atoms with E-state index in [2.05, 4.69) is 10.6 Å². The second kappa shape index (κ2) is 7.30. The number of halogens is 1. The number of carbonyl (C=O) groups is 3. The molecule has 8 nitrogen and oxygen atoms in total. The number of anilines is 1. The number of aliphatic hydroxyl groups is 1. The first-order valence-electron chi connectivity index (χ1n) is 10.3. The van der Waals surface area contributed by atoms with Crippen LogP contribution in [0.1, 0.15) is 18.1 Å². The lowest BCUT2D eigenvalue weighted by Crippen LogP contribution is -2.54. The van der Waals surface area contributed by atoms with Gasteiger partial charge >= 0.3 is 0 Å². The fourth-order valence-electron chi connectivity index (χ4n) is 5.25. The van der Waals surface area contributed by atoms with Crippen molar-refractivity contribution in [2.45, 2.75) is 31.2 Å². The highest BCUT2D eigenvalue weighted by molar-refractivity contribution is 6.31. The average molecular weight is 456 g/mol. The monoisotopic (exact) mass is 455 g/mol. The van der Waals surface area contributed by atoms with Gasteiger partial charge in [0.1, 0.15) is 11.3 Å². The Morgan fingerprint density at radius 3 is 2.53 bits per heavy atom. The van der Waals surface area contributed by atoms with Crippen molar-refractivity contribution < 1.29 is 24.2 Å². The standard InChI is InChI=1S/C23H22ClN3O5/c1-11(28)19-17-18(23(26-19)15-9-13(24)5-8-16(15)25-22(23)31)21(30)27(20(17)29)10-12-3-6-14(32-2)7-4-12/h3-9,11,17-19,26,28H,10H2,1-2H3,(H,25,31)/t11-,17-,18-,19-,23+/m0/s1. The van der Waals surface area contributed by atoms with Crippen molar-refractivity contribution in [3.63, 3.8) is 0 Å². The number of benzene rings is 2. The summed E-state index contributed by atoms with van der Waals surface area (Å²) in [7, 11) is 1.56. The highest BCUT2D eigenvalue weighted by Crippen LogP contribution is 2.53. The minimum atomic E-state index is -1.48. The molecule has 0 aliphatic carbocycles. The van der Waals surface area contributed by atoms with Crippen molar-refractivity contribution in [1.82, 2.24) is 10.2 Å². The van der Waals surface area contributed by atoms with Gasteiger partial charge in [0.05, 0.1) is 31.6 Å². The number of aliphatic hydroxyl groups excluding tert-OH is 1. The molecule has 0 radical (unpaired) electrons. The summed E-state index contributed by atoms with van der Waals surface area (Å²) in [6.07, 6.45) is -0.962. The number of hydrogen-bond acceptors (Lipinski definition) is 6. The first kappa shape index (κ1) is 20.9. The maximum absolute atomic E-state index is 13.6. The molecule has 5 rings (SSSR count). The summed E-state index contributed by atoms with van der Waals surface area (Å²) >= 11 is 6.21. The van der Waals surface area contributed by atoms with Gasteiger partial charge in [0.15, 0.2) is 0 Å². The Balaban J connectivity index is 1.58.